The molecule has 6 heteroatoms. The van der Waals surface area contributed by atoms with Gasteiger partial charge >= 0.3 is 0 Å². The third-order valence-corrected chi connectivity index (χ3v) is 3.37. The number of hydrogen-bond donors (Lipinski definition) is 2. The Balaban J connectivity index is 1.91. The summed E-state index contributed by atoms with van der Waals surface area (Å²) in [6, 6.07) is 10.5. The molecule has 0 aliphatic rings. The molecule has 1 heterocycles. The summed E-state index contributed by atoms with van der Waals surface area (Å²) in [6.45, 7) is 3.56. The Morgan fingerprint density at radius 2 is 1.83 bits per heavy atom. The van der Waals surface area contributed by atoms with E-state index in [0.29, 0.717) is 37.1 Å². The lowest BCUT2D eigenvalue weighted by atomic mass is 10.2. The zero-order valence-electron chi connectivity index (χ0n) is 14.1. The zero-order valence-corrected chi connectivity index (χ0v) is 14.1. The van der Waals surface area contributed by atoms with E-state index in [1.54, 1.807) is 25.4 Å². The molecule has 0 atom stereocenters. The molecule has 0 unspecified atom stereocenters. The quantitative estimate of drug-likeness (QED) is 0.605. The Kier molecular flexibility index (Phi) is 7.01. The maximum atomic E-state index is 13.6. The Labute approximate surface area is 142 Å². The van der Waals surface area contributed by atoms with E-state index in [9.17, 15) is 4.39 Å². The highest BCUT2D eigenvalue weighted by molar-refractivity contribution is 5.79. The Morgan fingerprint density at radius 3 is 2.54 bits per heavy atom. The van der Waals surface area contributed by atoms with Crippen molar-refractivity contribution in [3.05, 3.63) is 59.5 Å². The summed E-state index contributed by atoms with van der Waals surface area (Å²) in [6.07, 6.45) is 2.63. The van der Waals surface area contributed by atoms with Crippen molar-refractivity contribution in [3.8, 4) is 5.88 Å². The molecule has 128 valence electrons. The van der Waals surface area contributed by atoms with Crippen molar-refractivity contribution in [1.82, 2.24) is 15.6 Å². The largest absolute Gasteiger partial charge is 0.477 e. The number of ether oxygens (including phenoxy) is 1. The first-order valence-corrected chi connectivity index (χ1v) is 7.99. The van der Waals surface area contributed by atoms with Gasteiger partial charge < -0.3 is 15.4 Å². The lowest BCUT2D eigenvalue weighted by Gasteiger charge is -2.14. The van der Waals surface area contributed by atoms with Gasteiger partial charge in [0, 0.05) is 37.5 Å². The number of nitrogens with zero attached hydrogens (tertiary/aromatic N) is 2. The van der Waals surface area contributed by atoms with Crippen LogP contribution in [0.4, 0.5) is 4.39 Å². The van der Waals surface area contributed by atoms with Crippen LogP contribution in [0.25, 0.3) is 0 Å². The first-order valence-electron chi connectivity index (χ1n) is 7.99. The third-order valence-electron chi connectivity index (χ3n) is 3.37. The summed E-state index contributed by atoms with van der Waals surface area (Å²) >= 11 is 0. The number of aromatic nitrogens is 1. The summed E-state index contributed by atoms with van der Waals surface area (Å²) in [5.74, 6) is 0.975. The van der Waals surface area contributed by atoms with Gasteiger partial charge in [-0.3, -0.25) is 4.99 Å². The van der Waals surface area contributed by atoms with E-state index in [-0.39, 0.29) is 5.82 Å². The molecular formula is C18H23FN4O. The second kappa shape index (κ2) is 9.50. The number of rotatable bonds is 7. The summed E-state index contributed by atoms with van der Waals surface area (Å²) in [5.41, 5.74) is 1.54. The van der Waals surface area contributed by atoms with Gasteiger partial charge in [-0.15, -0.1) is 0 Å². The average molecular weight is 330 g/mol. The Morgan fingerprint density at radius 1 is 1.12 bits per heavy atom. The third kappa shape index (κ3) is 5.22. The van der Waals surface area contributed by atoms with Gasteiger partial charge in [-0.25, -0.2) is 9.37 Å². The van der Waals surface area contributed by atoms with E-state index < -0.39 is 0 Å². The molecular weight excluding hydrogens is 307 g/mol. The number of pyridine rings is 1. The number of aliphatic imine (C=N–C) groups is 1. The van der Waals surface area contributed by atoms with Crippen LogP contribution < -0.4 is 15.4 Å². The predicted molar refractivity (Wildman–Crippen MR) is 93.5 cm³/mol. The molecule has 0 radical (unpaired) electrons. The summed E-state index contributed by atoms with van der Waals surface area (Å²) in [7, 11) is 1.68. The molecule has 1 aromatic carbocycles. The van der Waals surface area contributed by atoms with E-state index in [2.05, 4.69) is 27.5 Å². The van der Waals surface area contributed by atoms with Gasteiger partial charge in [0.25, 0.3) is 0 Å². The van der Waals surface area contributed by atoms with Crippen LogP contribution >= 0.6 is 0 Å². The van der Waals surface area contributed by atoms with Crippen molar-refractivity contribution in [2.45, 2.75) is 26.4 Å². The minimum absolute atomic E-state index is 0.233. The number of nitrogens with one attached hydrogen (secondary N) is 2. The molecule has 0 aliphatic heterocycles. The molecule has 0 saturated heterocycles. The van der Waals surface area contributed by atoms with Crippen LogP contribution in [-0.4, -0.2) is 24.6 Å². The van der Waals surface area contributed by atoms with Gasteiger partial charge in [0.1, 0.15) is 5.82 Å². The average Bonchev–Trinajstić information content (AvgIpc) is 2.62. The molecule has 2 N–H and O–H groups in total. The van der Waals surface area contributed by atoms with Crippen molar-refractivity contribution < 1.29 is 9.13 Å². The smallest absolute Gasteiger partial charge is 0.218 e. The molecule has 5 nitrogen and oxygen atoms in total. The van der Waals surface area contributed by atoms with Gasteiger partial charge in [0.15, 0.2) is 5.96 Å². The Hall–Kier alpha value is -2.63. The molecule has 0 bridgehead atoms. The number of guanidine groups is 1. The van der Waals surface area contributed by atoms with Crippen LogP contribution in [0.3, 0.4) is 0 Å². The molecule has 24 heavy (non-hydrogen) atoms. The van der Waals surface area contributed by atoms with Gasteiger partial charge in [-0.05, 0) is 18.6 Å². The van der Waals surface area contributed by atoms with Crippen LogP contribution in [0, 0.1) is 5.82 Å². The van der Waals surface area contributed by atoms with E-state index >= 15 is 0 Å². The molecule has 1 aromatic heterocycles. The lowest BCUT2D eigenvalue weighted by molar-refractivity contribution is 0.301. The fraction of sp³-hybridized carbons (Fsp3) is 0.333. The minimum Gasteiger partial charge on any atom is -0.477 e. The number of halogens is 1. The lowest BCUT2D eigenvalue weighted by Crippen LogP contribution is -2.36. The molecule has 2 aromatic rings. The molecule has 2 rings (SSSR count). The monoisotopic (exact) mass is 330 g/mol. The van der Waals surface area contributed by atoms with E-state index in [1.165, 1.54) is 6.07 Å². The van der Waals surface area contributed by atoms with Crippen LogP contribution in [-0.2, 0) is 13.1 Å². The molecule has 0 aliphatic carbocycles. The normalized spacial score (nSPS) is 11.2. The molecule has 0 fully saturated rings. The van der Waals surface area contributed by atoms with E-state index in [1.807, 2.05) is 18.2 Å². The molecule has 0 saturated carbocycles. The number of benzene rings is 1. The number of hydrogen-bond acceptors (Lipinski definition) is 3. The first kappa shape index (κ1) is 17.7. The summed E-state index contributed by atoms with van der Waals surface area (Å²) < 4.78 is 19.3. The van der Waals surface area contributed by atoms with Gasteiger partial charge in [0.2, 0.25) is 5.88 Å². The zero-order chi connectivity index (χ0) is 17.2. The van der Waals surface area contributed by atoms with Gasteiger partial charge in [0.05, 0.1) is 6.61 Å². The highest BCUT2D eigenvalue weighted by Crippen LogP contribution is 2.14. The van der Waals surface area contributed by atoms with Crippen molar-refractivity contribution in [2.24, 2.45) is 4.99 Å². The standard InChI is InChI=1S/C18H23FN4O/c1-3-11-24-17-15(8-6-10-21-17)13-23-18(20-2)22-12-14-7-4-5-9-16(14)19/h4-10H,3,11-13H2,1-2H3,(H2,20,22,23). The minimum atomic E-state index is -0.233. The summed E-state index contributed by atoms with van der Waals surface area (Å²) in [5, 5.41) is 6.29. The van der Waals surface area contributed by atoms with Crippen LogP contribution in [0.2, 0.25) is 0 Å². The fourth-order valence-corrected chi connectivity index (χ4v) is 2.11. The summed E-state index contributed by atoms with van der Waals surface area (Å²) in [4.78, 5) is 8.40. The highest BCUT2D eigenvalue weighted by Gasteiger charge is 2.06. The fourth-order valence-electron chi connectivity index (χ4n) is 2.11. The maximum absolute atomic E-state index is 13.6. The second-order valence-electron chi connectivity index (χ2n) is 5.19. The SMILES string of the molecule is CCCOc1ncccc1CNC(=NC)NCc1ccccc1F. The molecule has 0 spiro atoms. The maximum Gasteiger partial charge on any atom is 0.218 e. The Bertz CT molecular complexity index is 676. The first-order chi connectivity index (χ1) is 11.7. The van der Waals surface area contributed by atoms with Gasteiger partial charge in [-0.2, -0.15) is 0 Å². The van der Waals surface area contributed by atoms with Crippen LogP contribution in [0.15, 0.2) is 47.6 Å². The molecule has 0 amide bonds. The topological polar surface area (TPSA) is 58.5 Å². The van der Waals surface area contributed by atoms with Crippen LogP contribution in [0.5, 0.6) is 5.88 Å². The predicted octanol–water partition coefficient (Wildman–Crippen LogP) is 2.87. The second-order valence-corrected chi connectivity index (χ2v) is 5.19. The van der Waals surface area contributed by atoms with Gasteiger partial charge in [-0.1, -0.05) is 31.2 Å². The van der Waals surface area contributed by atoms with E-state index in [4.69, 9.17) is 4.74 Å². The van der Waals surface area contributed by atoms with E-state index in [0.717, 1.165) is 12.0 Å². The van der Waals surface area contributed by atoms with Crippen molar-refractivity contribution >= 4 is 5.96 Å². The van der Waals surface area contributed by atoms with Crippen LogP contribution in [0.1, 0.15) is 24.5 Å². The van der Waals surface area contributed by atoms with Crippen molar-refractivity contribution in [1.29, 1.82) is 0 Å². The van der Waals surface area contributed by atoms with Crippen molar-refractivity contribution in [2.75, 3.05) is 13.7 Å². The highest BCUT2D eigenvalue weighted by atomic mass is 19.1. The van der Waals surface area contributed by atoms with Crippen molar-refractivity contribution in [3.63, 3.8) is 0 Å².